The lowest BCUT2D eigenvalue weighted by Gasteiger charge is -2.21. The van der Waals surface area contributed by atoms with Crippen LogP contribution < -0.4 is 0 Å². The minimum Gasteiger partial charge on any atom is -0.456 e. The fraction of sp³-hybridized carbons (Fsp3) is 0.0455. The third-order valence-electron chi connectivity index (χ3n) is 15.2. The molecule has 0 spiro atoms. The van der Waals surface area contributed by atoms with E-state index in [1.165, 1.54) is 76.5 Å². The summed E-state index contributed by atoms with van der Waals surface area (Å²) in [5.41, 5.74) is 15.2. The summed E-state index contributed by atoms with van der Waals surface area (Å²) in [6.45, 7) is 4.73. The van der Waals surface area contributed by atoms with Crippen molar-refractivity contribution in [1.29, 1.82) is 0 Å². The molecule has 0 atom stereocenters. The number of para-hydroxylation sites is 2. The zero-order valence-corrected chi connectivity index (χ0v) is 39.0. The van der Waals surface area contributed by atoms with Gasteiger partial charge in [-0.15, -0.1) is 0 Å². The lowest BCUT2D eigenvalue weighted by molar-refractivity contribution is 0.661. The van der Waals surface area contributed by atoms with E-state index in [1.54, 1.807) is 0 Å². The molecule has 0 aliphatic heterocycles. The van der Waals surface area contributed by atoms with Crippen molar-refractivity contribution in [1.82, 2.24) is 19.5 Å². The van der Waals surface area contributed by atoms with E-state index in [-0.39, 0.29) is 5.41 Å². The lowest BCUT2D eigenvalue weighted by Crippen LogP contribution is -2.14. The first kappa shape index (κ1) is 39.8. The number of fused-ring (bicyclic) bond motifs is 16. The highest BCUT2D eigenvalue weighted by Gasteiger charge is 2.37. The number of benzene rings is 11. The molecule has 11 aromatic carbocycles. The molecule has 3 heterocycles. The van der Waals surface area contributed by atoms with Crippen LogP contribution in [0, 0.1) is 0 Å². The molecule has 3 aromatic heterocycles. The Morgan fingerprint density at radius 1 is 0.366 bits per heavy atom. The predicted octanol–water partition coefficient (Wildman–Crippen LogP) is 17.3. The normalized spacial score (nSPS) is 13.0. The van der Waals surface area contributed by atoms with E-state index in [1.807, 2.05) is 36.4 Å². The van der Waals surface area contributed by atoms with Crippen molar-refractivity contribution in [2.45, 2.75) is 19.3 Å². The van der Waals surface area contributed by atoms with E-state index < -0.39 is 0 Å². The van der Waals surface area contributed by atoms with Crippen LogP contribution in [0.4, 0.5) is 0 Å². The first-order valence-electron chi connectivity index (χ1n) is 24.3. The van der Waals surface area contributed by atoms with Crippen LogP contribution in [0.15, 0.2) is 223 Å². The van der Waals surface area contributed by atoms with Crippen molar-refractivity contribution in [3.63, 3.8) is 0 Å². The van der Waals surface area contributed by atoms with Gasteiger partial charge in [-0.3, -0.25) is 0 Å². The first-order valence-corrected chi connectivity index (χ1v) is 24.3. The molecule has 1 aliphatic rings. The maximum absolute atomic E-state index is 6.36. The van der Waals surface area contributed by atoms with Crippen LogP contribution in [0.1, 0.15) is 25.0 Å². The van der Waals surface area contributed by atoms with Crippen molar-refractivity contribution in [2.75, 3.05) is 0 Å². The molecule has 332 valence electrons. The Balaban J connectivity index is 0.991. The minimum absolute atomic E-state index is 0.137. The van der Waals surface area contributed by atoms with Gasteiger partial charge in [-0.25, -0.2) is 15.0 Å². The second-order valence-corrected chi connectivity index (χ2v) is 19.5. The van der Waals surface area contributed by atoms with Gasteiger partial charge < -0.3 is 8.98 Å². The molecule has 14 aromatic rings. The first-order chi connectivity index (χ1) is 35.0. The van der Waals surface area contributed by atoms with Gasteiger partial charge in [0, 0.05) is 60.3 Å². The van der Waals surface area contributed by atoms with Crippen molar-refractivity contribution in [2.24, 2.45) is 0 Å². The Bertz CT molecular complexity index is 4560. The van der Waals surface area contributed by atoms with Crippen LogP contribution in [0.25, 0.3) is 138 Å². The highest BCUT2D eigenvalue weighted by molar-refractivity contribution is 6.33. The molecule has 0 saturated carbocycles. The molecule has 0 fully saturated rings. The van der Waals surface area contributed by atoms with Gasteiger partial charge in [0.1, 0.15) is 11.2 Å². The molecule has 5 nitrogen and oxygen atoms in total. The summed E-state index contributed by atoms with van der Waals surface area (Å²) in [5, 5.41) is 12.0. The summed E-state index contributed by atoms with van der Waals surface area (Å²) in [4.78, 5) is 15.6. The summed E-state index contributed by atoms with van der Waals surface area (Å²) in [6, 6.07) is 78.6. The predicted molar refractivity (Wildman–Crippen MR) is 293 cm³/mol. The van der Waals surface area contributed by atoms with Gasteiger partial charge in [0.05, 0.1) is 11.0 Å². The topological polar surface area (TPSA) is 56.7 Å². The summed E-state index contributed by atoms with van der Waals surface area (Å²) >= 11 is 0. The fourth-order valence-electron chi connectivity index (χ4n) is 11.9. The van der Waals surface area contributed by atoms with E-state index in [2.05, 4.69) is 200 Å². The SMILES string of the molecule is CC1(C)c2ccc(-c3cccc4c5c6ccccc6c6ccccc6c5n(-c5cccc(-c6nc(-c7ccccc7)nc(-c7ccc8c(c7)oc7ccccc78)n6)c5)c34)cc2-c2c1ccc1ccccc21. The van der Waals surface area contributed by atoms with Gasteiger partial charge in [0.15, 0.2) is 17.5 Å². The van der Waals surface area contributed by atoms with Gasteiger partial charge >= 0.3 is 0 Å². The van der Waals surface area contributed by atoms with Crippen LogP contribution in [0.5, 0.6) is 0 Å². The van der Waals surface area contributed by atoms with Crippen LogP contribution in [0.2, 0.25) is 0 Å². The lowest BCUT2D eigenvalue weighted by atomic mass is 9.82. The van der Waals surface area contributed by atoms with Crippen molar-refractivity contribution in [3.05, 3.63) is 230 Å². The smallest absolute Gasteiger partial charge is 0.164 e. The van der Waals surface area contributed by atoms with Crippen molar-refractivity contribution >= 4 is 76.1 Å². The molecular weight excluding hydrogens is 865 g/mol. The van der Waals surface area contributed by atoms with E-state index in [4.69, 9.17) is 19.4 Å². The van der Waals surface area contributed by atoms with Gasteiger partial charge in [0.25, 0.3) is 0 Å². The van der Waals surface area contributed by atoms with Crippen LogP contribution >= 0.6 is 0 Å². The van der Waals surface area contributed by atoms with Crippen LogP contribution in [-0.4, -0.2) is 19.5 Å². The molecule has 15 rings (SSSR count). The molecule has 1 aliphatic carbocycles. The van der Waals surface area contributed by atoms with Gasteiger partial charge in [-0.05, 0) is 91.1 Å². The average Bonchev–Trinajstić information content (AvgIpc) is 4.06. The van der Waals surface area contributed by atoms with Gasteiger partial charge in [0.2, 0.25) is 0 Å². The molecule has 0 unspecified atom stereocenters. The largest absolute Gasteiger partial charge is 0.456 e. The average molecular weight is 907 g/mol. The second-order valence-electron chi connectivity index (χ2n) is 19.5. The Morgan fingerprint density at radius 3 is 1.77 bits per heavy atom. The quantitative estimate of drug-likeness (QED) is 0.161. The number of rotatable bonds is 5. The molecule has 0 N–H and O–H groups in total. The van der Waals surface area contributed by atoms with Gasteiger partial charge in [-0.2, -0.15) is 0 Å². The molecule has 71 heavy (non-hydrogen) atoms. The number of nitrogens with zero attached hydrogens (tertiary/aromatic N) is 4. The number of hydrogen-bond acceptors (Lipinski definition) is 4. The Morgan fingerprint density at radius 2 is 0.958 bits per heavy atom. The maximum atomic E-state index is 6.36. The number of furan rings is 1. The number of hydrogen-bond donors (Lipinski definition) is 0. The highest BCUT2D eigenvalue weighted by Crippen LogP contribution is 2.53. The summed E-state index contributed by atoms with van der Waals surface area (Å²) in [7, 11) is 0. The van der Waals surface area contributed by atoms with E-state index >= 15 is 0 Å². The minimum atomic E-state index is -0.137. The Hall–Kier alpha value is -9.19. The standard InChI is InChI=1S/C66H42N4O/c1-66(2)55-34-32-41(37-54(55)59-45-21-7-6-16-39(45)31-35-56(59)66)46-27-15-28-53-60-51-25-10-8-22-47(51)48-23-9-11-26-52(48)62(60)70(61(46)53)44-20-14-19-42(36-44)64-67-63(40-17-4-3-5-18-40)68-65(69-64)43-30-33-50-49-24-12-13-29-57(49)71-58(50)38-43/h3-38H,1-2H3. The van der Waals surface area contributed by atoms with Crippen LogP contribution in [0.3, 0.4) is 0 Å². The molecule has 0 amide bonds. The highest BCUT2D eigenvalue weighted by atomic mass is 16.3. The van der Waals surface area contributed by atoms with Crippen LogP contribution in [-0.2, 0) is 5.41 Å². The molecule has 0 saturated heterocycles. The molecule has 5 heteroatoms. The Labute approximate surface area is 409 Å². The van der Waals surface area contributed by atoms with Gasteiger partial charge in [-0.1, -0.05) is 196 Å². The zero-order valence-electron chi connectivity index (χ0n) is 39.0. The maximum Gasteiger partial charge on any atom is 0.164 e. The summed E-state index contributed by atoms with van der Waals surface area (Å²) in [6.07, 6.45) is 0. The number of aromatic nitrogens is 4. The summed E-state index contributed by atoms with van der Waals surface area (Å²) in [5.74, 6) is 1.77. The third-order valence-corrected chi connectivity index (χ3v) is 15.2. The Kier molecular flexibility index (Phi) is 8.35. The van der Waals surface area contributed by atoms with Crippen molar-refractivity contribution < 1.29 is 4.42 Å². The van der Waals surface area contributed by atoms with E-state index in [9.17, 15) is 0 Å². The van der Waals surface area contributed by atoms with E-state index in [0.717, 1.165) is 55.3 Å². The summed E-state index contributed by atoms with van der Waals surface area (Å²) < 4.78 is 8.87. The monoisotopic (exact) mass is 906 g/mol. The molecule has 0 radical (unpaired) electrons. The fourth-order valence-corrected chi connectivity index (χ4v) is 11.9. The molecule has 0 bridgehead atoms. The zero-order chi connectivity index (χ0) is 47.0. The third kappa shape index (κ3) is 5.84. The molecular formula is C66H42N4O. The van der Waals surface area contributed by atoms with Crippen molar-refractivity contribution in [3.8, 4) is 62.1 Å². The van der Waals surface area contributed by atoms with E-state index in [0.29, 0.717) is 17.5 Å². The second kappa shape index (κ2) is 14.9.